The molecule has 0 spiro atoms. The van der Waals surface area contributed by atoms with Crippen LogP contribution >= 0.6 is 0 Å². The molecule has 3 aromatic heterocycles. The van der Waals surface area contributed by atoms with Crippen molar-refractivity contribution < 1.29 is 0 Å². The highest BCUT2D eigenvalue weighted by molar-refractivity contribution is 5.96. The van der Waals surface area contributed by atoms with Crippen LogP contribution in [0, 0.1) is 11.3 Å². The van der Waals surface area contributed by atoms with Crippen LogP contribution in [0.1, 0.15) is 5.56 Å². The molecule has 5 rings (SSSR count). The Hall–Kier alpha value is -4.31. The van der Waals surface area contributed by atoms with Crippen molar-refractivity contribution in [3.05, 3.63) is 72.3 Å². The average Bonchev–Trinajstić information content (AvgIpc) is 3.19. The van der Waals surface area contributed by atoms with Crippen LogP contribution < -0.4 is 5.73 Å². The lowest BCUT2D eigenvalue weighted by Gasteiger charge is -2.10. The summed E-state index contributed by atoms with van der Waals surface area (Å²) >= 11 is 0. The van der Waals surface area contributed by atoms with E-state index in [0.717, 1.165) is 16.8 Å². The second-order valence-electron chi connectivity index (χ2n) is 6.26. The zero-order valence-corrected chi connectivity index (χ0v) is 14.6. The normalized spacial score (nSPS) is 11.0. The maximum atomic E-state index is 9.65. The third-order valence-electron chi connectivity index (χ3n) is 4.57. The van der Waals surface area contributed by atoms with Gasteiger partial charge in [-0.05, 0) is 5.56 Å². The van der Waals surface area contributed by atoms with Gasteiger partial charge in [0.05, 0.1) is 5.69 Å². The van der Waals surface area contributed by atoms with Crippen molar-refractivity contribution in [3.63, 3.8) is 0 Å². The van der Waals surface area contributed by atoms with Gasteiger partial charge in [0.2, 0.25) is 0 Å². The number of aromatic nitrogens is 5. The fraction of sp³-hybridized carbons (Fsp3) is 0. The summed E-state index contributed by atoms with van der Waals surface area (Å²) in [4.78, 5) is 4.42. The van der Waals surface area contributed by atoms with Crippen molar-refractivity contribution in [2.75, 3.05) is 5.73 Å². The van der Waals surface area contributed by atoms with Gasteiger partial charge < -0.3 is 5.73 Å². The van der Waals surface area contributed by atoms with Gasteiger partial charge in [-0.25, -0.2) is 4.98 Å². The number of rotatable bonds is 2. The first-order valence-corrected chi connectivity index (χ1v) is 8.63. The molecular weight excluding hydrogens is 350 g/mol. The fourth-order valence-corrected chi connectivity index (χ4v) is 3.27. The van der Waals surface area contributed by atoms with Crippen LogP contribution in [-0.4, -0.2) is 24.8 Å². The Kier molecular flexibility index (Phi) is 3.49. The van der Waals surface area contributed by atoms with E-state index < -0.39 is 0 Å². The van der Waals surface area contributed by atoms with Crippen molar-refractivity contribution in [1.29, 1.82) is 5.26 Å². The van der Waals surface area contributed by atoms with Crippen LogP contribution in [-0.2, 0) is 0 Å². The monoisotopic (exact) mass is 363 g/mol. The molecule has 0 bridgehead atoms. The molecule has 2 aromatic carbocycles. The van der Waals surface area contributed by atoms with Crippen molar-refractivity contribution in [1.82, 2.24) is 24.8 Å². The summed E-state index contributed by atoms with van der Waals surface area (Å²) in [7, 11) is 0. The quantitative estimate of drug-likeness (QED) is 0.515. The fourth-order valence-electron chi connectivity index (χ4n) is 3.27. The molecule has 5 aromatic rings. The number of hydrogen-bond acceptors (Lipinski definition) is 6. The number of nitrogens with two attached hydrogens (primary N) is 1. The molecule has 0 fully saturated rings. The lowest BCUT2D eigenvalue weighted by molar-refractivity contribution is 0.929. The van der Waals surface area contributed by atoms with E-state index in [9.17, 15) is 5.26 Å². The van der Waals surface area contributed by atoms with Gasteiger partial charge in [0.1, 0.15) is 23.0 Å². The summed E-state index contributed by atoms with van der Waals surface area (Å²) in [5, 5.41) is 23.0. The first kappa shape index (κ1) is 15.9. The largest absolute Gasteiger partial charge is 0.383 e. The lowest BCUT2D eigenvalue weighted by Crippen LogP contribution is -2.06. The molecule has 0 radical (unpaired) electrons. The highest BCUT2D eigenvalue weighted by Crippen LogP contribution is 2.32. The standard InChI is InChI=1S/C21H13N7/c22-12-15-18(14-9-5-2-6-10-14)19-21(24-20(15)23)28-17(25-26-19)11-16(27-28)13-7-3-1-4-8-13/h1-11H,(H2,23,24). The summed E-state index contributed by atoms with van der Waals surface area (Å²) in [5.74, 6) is 0.139. The van der Waals surface area contributed by atoms with Crippen LogP contribution in [0.15, 0.2) is 66.7 Å². The molecule has 0 aliphatic heterocycles. The number of benzene rings is 2. The van der Waals surface area contributed by atoms with Gasteiger partial charge in [0.25, 0.3) is 0 Å². The minimum absolute atomic E-state index is 0.139. The molecular formula is C21H13N7. The number of hydrogen-bond donors (Lipinski definition) is 1. The third kappa shape index (κ3) is 2.36. The maximum Gasteiger partial charge on any atom is 0.186 e. The highest BCUT2D eigenvalue weighted by atomic mass is 15.3. The number of fused-ring (bicyclic) bond motifs is 3. The summed E-state index contributed by atoms with van der Waals surface area (Å²) in [5.41, 5.74) is 11.0. The number of nitrogens with zero attached hydrogens (tertiary/aromatic N) is 6. The van der Waals surface area contributed by atoms with Crippen LogP contribution in [0.4, 0.5) is 5.82 Å². The van der Waals surface area contributed by atoms with Gasteiger partial charge in [-0.15, -0.1) is 10.2 Å². The third-order valence-corrected chi connectivity index (χ3v) is 4.57. The zero-order valence-electron chi connectivity index (χ0n) is 14.6. The predicted molar refractivity (Wildman–Crippen MR) is 106 cm³/mol. The summed E-state index contributed by atoms with van der Waals surface area (Å²) < 4.78 is 1.62. The highest BCUT2D eigenvalue weighted by Gasteiger charge is 2.20. The Labute approximate surface area is 159 Å². The number of nitrogen functional groups attached to an aromatic ring is 1. The van der Waals surface area contributed by atoms with E-state index >= 15 is 0 Å². The van der Waals surface area contributed by atoms with Crippen molar-refractivity contribution >= 4 is 22.6 Å². The van der Waals surface area contributed by atoms with Gasteiger partial charge in [-0.1, -0.05) is 60.7 Å². The second-order valence-corrected chi connectivity index (χ2v) is 6.26. The topological polar surface area (TPSA) is 106 Å². The van der Waals surface area contributed by atoms with E-state index in [2.05, 4.69) is 26.3 Å². The molecule has 3 heterocycles. The van der Waals surface area contributed by atoms with E-state index in [1.54, 1.807) is 4.52 Å². The van der Waals surface area contributed by atoms with Crippen LogP contribution in [0.3, 0.4) is 0 Å². The van der Waals surface area contributed by atoms with Crippen LogP contribution in [0.2, 0.25) is 0 Å². The number of anilines is 1. The first-order chi connectivity index (χ1) is 13.8. The second kappa shape index (κ2) is 6.14. The molecule has 0 aliphatic carbocycles. The smallest absolute Gasteiger partial charge is 0.186 e. The molecule has 0 saturated carbocycles. The molecule has 0 unspecified atom stereocenters. The lowest BCUT2D eigenvalue weighted by atomic mass is 10.0. The minimum atomic E-state index is 0.139. The van der Waals surface area contributed by atoms with E-state index in [0.29, 0.717) is 22.4 Å². The molecule has 0 saturated heterocycles. The van der Waals surface area contributed by atoms with Crippen LogP contribution in [0.25, 0.3) is 39.2 Å². The SMILES string of the molecule is N#Cc1c(N)nc2c(nnc3cc(-c4ccccc4)nn32)c1-c1ccccc1. The van der Waals surface area contributed by atoms with Gasteiger partial charge in [-0.2, -0.15) is 14.9 Å². The molecule has 7 heteroatoms. The molecule has 7 nitrogen and oxygen atoms in total. The summed E-state index contributed by atoms with van der Waals surface area (Å²) in [6.07, 6.45) is 0. The Morgan fingerprint density at radius 1 is 0.893 bits per heavy atom. The number of nitriles is 1. The molecule has 28 heavy (non-hydrogen) atoms. The predicted octanol–water partition coefficient (Wildman–Crippen LogP) is 3.46. The molecule has 0 amide bonds. The Bertz CT molecular complexity index is 1370. The molecule has 0 atom stereocenters. The minimum Gasteiger partial charge on any atom is -0.383 e. The summed E-state index contributed by atoms with van der Waals surface area (Å²) in [6, 6.07) is 23.3. The van der Waals surface area contributed by atoms with Gasteiger partial charge >= 0.3 is 0 Å². The van der Waals surface area contributed by atoms with Crippen molar-refractivity contribution in [2.45, 2.75) is 0 Å². The molecule has 2 N–H and O–H groups in total. The van der Waals surface area contributed by atoms with Gasteiger partial charge in [0, 0.05) is 17.2 Å². The van der Waals surface area contributed by atoms with E-state index in [-0.39, 0.29) is 11.4 Å². The van der Waals surface area contributed by atoms with Crippen molar-refractivity contribution in [3.8, 4) is 28.5 Å². The Morgan fingerprint density at radius 2 is 1.57 bits per heavy atom. The first-order valence-electron chi connectivity index (χ1n) is 8.63. The van der Waals surface area contributed by atoms with Gasteiger partial charge in [-0.3, -0.25) is 0 Å². The Balaban J connectivity index is 1.86. The van der Waals surface area contributed by atoms with E-state index in [1.807, 2.05) is 66.7 Å². The van der Waals surface area contributed by atoms with Crippen LogP contribution in [0.5, 0.6) is 0 Å². The molecule has 0 aliphatic rings. The zero-order chi connectivity index (χ0) is 19.1. The van der Waals surface area contributed by atoms with Crippen molar-refractivity contribution in [2.24, 2.45) is 0 Å². The van der Waals surface area contributed by atoms with Gasteiger partial charge in [0.15, 0.2) is 11.3 Å². The summed E-state index contributed by atoms with van der Waals surface area (Å²) in [6.45, 7) is 0. The average molecular weight is 363 g/mol. The van der Waals surface area contributed by atoms with E-state index in [4.69, 9.17) is 5.73 Å². The Morgan fingerprint density at radius 3 is 2.25 bits per heavy atom. The maximum absolute atomic E-state index is 9.65. The number of pyridine rings is 1. The van der Waals surface area contributed by atoms with E-state index in [1.165, 1.54) is 0 Å². The molecule has 132 valence electrons.